The molecule has 2 aliphatic heterocycles. The molecule has 0 aliphatic carbocycles. The van der Waals surface area contributed by atoms with Crippen molar-refractivity contribution in [2.24, 2.45) is 0 Å². The van der Waals surface area contributed by atoms with Crippen molar-refractivity contribution in [1.29, 1.82) is 0 Å². The first-order valence-corrected chi connectivity index (χ1v) is 8.83. The highest BCUT2D eigenvalue weighted by molar-refractivity contribution is 5.94. The van der Waals surface area contributed by atoms with Gasteiger partial charge in [-0.05, 0) is 25.1 Å². The van der Waals surface area contributed by atoms with Crippen LogP contribution in [-0.4, -0.2) is 85.7 Å². The summed E-state index contributed by atoms with van der Waals surface area (Å²) in [6.45, 7) is 7.19. The maximum atomic E-state index is 12.7. The number of hydrogen-bond acceptors (Lipinski definition) is 4. The molecule has 0 aromatic heterocycles. The van der Waals surface area contributed by atoms with E-state index in [9.17, 15) is 9.59 Å². The zero-order valence-electron chi connectivity index (χ0n) is 14.6. The van der Waals surface area contributed by atoms with Gasteiger partial charge in [-0.3, -0.25) is 4.79 Å². The summed E-state index contributed by atoms with van der Waals surface area (Å²) < 4.78 is 10.7. The van der Waals surface area contributed by atoms with Gasteiger partial charge < -0.3 is 24.2 Å². The number of amides is 3. The van der Waals surface area contributed by atoms with Crippen LogP contribution in [0.4, 0.5) is 4.79 Å². The number of ether oxygens (including phenoxy) is 2. The van der Waals surface area contributed by atoms with Crippen molar-refractivity contribution in [3.63, 3.8) is 0 Å². The van der Waals surface area contributed by atoms with Gasteiger partial charge in [-0.1, -0.05) is 6.07 Å². The molecule has 0 radical (unpaired) electrons. The van der Waals surface area contributed by atoms with E-state index in [4.69, 9.17) is 9.47 Å². The fourth-order valence-corrected chi connectivity index (χ4v) is 3.12. The van der Waals surface area contributed by atoms with Gasteiger partial charge in [0, 0.05) is 44.8 Å². The molecule has 0 N–H and O–H groups in total. The summed E-state index contributed by atoms with van der Waals surface area (Å²) in [6.07, 6.45) is 0. The van der Waals surface area contributed by atoms with Gasteiger partial charge in [0.25, 0.3) is 5.91 Å². The minimum Gasteiger partial charge on any atom is -0.494 e. The van der Waals surface area contributed by atoms with Crippen LogP contribution in [0.1, 0.15) is 17.3 Å². The van der Waals surface area contributed by atoms with E-state index in [1.54, 1.807) is 17.0 Å². The van der Waals surface area contributed by atoms with Crippen molar-refractivity contribution < 1.29 is 19.1 Å². The van der Waals surface area contributed by atoms with Crippen LogP contribution in [-0.2, 0) is 4.74 Å². The summed E-state index contributed by atoms with van der Waals surface area (Å²) in [4.78, 5) is 30.6. The summed E-state index contributed by atoms with van der Waals surface area (Å²) in [5.41, 5.74) is 0.624. The molecular weight excluding hydrogens is 322 g/mol. The topological polar surface area (TPSA) is 62.3 Å². The van der Waals surface area contributed by atoms with Crippen molar-refractivity contribution >= 4 is 11.9 Å². The molecule has 7 nitrogen and oxygen atoms in total. The van der Waals surface area contributed by atoms with E-state index < -0.39 is 0 Å². The largest absolute Gasteiger partial charge is 0.494 e. The molecule has 0 unspecified atom stereocenters. The summed E-state index contributed by atoms with van der Waals surface area (Å²) in [5, 5.41) is 0. The van der Waals surface area contributed by atoms with Crippen LogP contribution in [0.15, 0.2) is 24.3 Å². The quantitative estimate of drug-likeness (QED) is 0.827. The molecule has 3 amide bonds. The third-order valence-electron chi connectivity index (χ3n) is 4.51. The van der Waals surface area contributed by atoms with Crippen molar-refractivity contribution in [3.05, 3.63) is 29.8 Å². The van der Waals surface area contributed by atoms with E-state index >= 15 is 0 Å². The maximum absolute atomic E-state index is 12.7. The van der Waals surface area contributed by atoms with Crippen molar-refractivity contribution in [2.75, 3.05) is 59.1 Å². The lowest BCUT2D eigenvalue weighted by molar-refractivity contribution is 0.0362. The molecule has 25 heavy (non-hydrogen) atoms. The van der Waals surface area contributed by atoms with E-state index in [0.29, 0.717) is 70.4 Å². The average Bonchev–Trinajstić information content (AvgIpc) is 2.68. The number of morpholine rings is 1. The van der Waals surface area contributed by atoms with Gasteiger partial charge in [0.2, 0.25) is 0 Å². The molecule has 1 aromatic carbocycles. The number of carbonyl (C=O) groups is 2. The fourth-order valence-electron chi connectivity index (χ4n) is 3.12. The number of piperazine rings is 1. The lowest BCUT2D eigenvalue weighted by atomic mass is 10.1. The summed E-state index contributed by atoms with van der Waals surface area (Å²) in [6, 6.07) is 7.30. The molecule has 2 aliphatic rings. The SMILES string of the molecule is CCOc1cccc(C(=O)N2CCN(C(=O)N3CCOCC3)CC2)c1. The lowest BCUT2D eigenvalue weighted by Crippen LogP contribution is -2.55. The van der Waals surface area contributed by atoms with Crippen LogP contribution in [0.3, 0.4) is 0 Å². The van der Waals surface area contributed by atoms with Crippen LogP contribution in [0.25, 0.3) is 0 Å². The second-order valence-corrected chi connectivity index (χ2v) is 6.12. The van der Waals surface area contributed by atoms with Crippen molar-refractivity contribution in [1.82, 2.24) is 14.7 Å². The minimum absolute atomic E-state index is 0.0139. The van der Waals surface area contributed by atoms with Crippen molar-refractivity contribution in [3.8, 4) is 5.75 Å². The summed E-state index contributed by atoms with van der Waals surface area (Å²) in [5.74, 6) is 0.689. The Bertz CT molecular complexity index is 608. The first kappa shape index (κ1) is 17.5. The van der Waals surface area contributed by atoms with Crippen LogP contribution in [0.5, 0.6) is 5.75 Å². The Morgan fingerprint density at radius 2 is 1.64 bits per heavy atom. The number of carbonyl (C=O) groups excluding carboxylic acids is 2. The van der Waals surface area contributed by atoms with Crippen LogP contribution in [0.2, 0.25) is 0 Å². The Morgan fingerprint density at radius 3 is 2.32 bits per heavy atom. The molecule has 0 atom stereocenters. The molecule has 3 rings (SSSR count). The van der Waals surface area contributed by atoms with Gasteiger partial charge in [-0.15, -0.1) is 0 Å². The molecular formula is C18H25N3O4. The number of nitrogens with zero attached hydrogens (tertiary/aromatic N) is 3. The van der Waals surface area contributed by atoms with Gasteiger partial charge in [0.05, 0.1) is 19.8 Å². The highest BCUT2D eigenvalue weighted by atomic mass is 16.5. The molecule has 2 saturated heterocycles. The van der Waals surface area contributed by atoms with Gasteiger partial charge in [0.15, 0.2) is 0 Å². The Labute approximate surface area is 148 Å². The molecule has 0 spiro atoms. The zero-order valence-corrected chi connectivity index (χ0v) is 14.6. The van der Waals surface area contributed by atoms with E-state index in [1.165, 1.54) is 0 Å². The lowest BCUT2D eigenvalue weighted by Gasteiger charge is -2.38. The van der Waals surface area contributed by atoms with E-state index in [1.807, 2.05) is 28.9 Å². The normalized spacial score (nSPS) is 18.2. The smallest absolute Gasteiger partial charge is 0.320 e. The molecule has 0 bridgehead atoms. The number of rotatable bonds is 3. The predicted molar refractivity (Wildman–Crippen MR) is 92.9 cm³/mol. The second-order valence-electron chi connectivity index (χ2n) is 6.12. The highest BCUT2D eigenvalue weighted by Gasteiger charge is 2.28. The standard InChI is InChI=1S/C18H25N3O4/c1-2-25-16-5-3-4-15(14-16)17(22)19-6-8-20(9-7-19)18(23)21-10-12-24-13-11-21/h3-5,14H,2,6-13H2,1H3. The van der Waals surface area contributed by atoms with Crippen LogP contribution in [0, 0.1) is 0 Å². The number of hydrogen-bond donors (Lipinski definition) is 0. The number of benzene rings is 1. The van der Waals surface area contributed by atoms with Gasteiger partial charge >= 0.3 is 6.03 Å². The first-order chi connectivity index (χ1) is 12.2. The van der Waals surface area contributed by atoms with Crippen LogP contribution < -0.4 is 4.74 Å². The van der Waals surface area contributed by atoms with E-state index in [0.717, 1.165) is 0 Å². The highest BCUT2D eigenvalue weighted by Crippen LogP contribution is 2.16. The Morgan fingerprint density at radius 1 is 1.00 bits per heavy atom. The summed E-state index contributed by atoms with van der Waals surface area (Å²) in [7, 11) is 0. The molecule has 136 valence electrons. The Kier molecular flexibility index (Phi) is 5.75. The second kappa shape index (κ2) is 8.20. The third kappa shape index (κ3) is 4.22. The Balaban J connectivity index is 1.55. The average molecular weight is 347 g/mol. The fraction of sp³-hybridized carbons (Fsp3) is 0.556. The minimum atomic E-state index is -0.0139. The van der Waals surface area contributed by atoms with Gasteiger partial charge in [0.1, 0.15) is 5.75 Å². The first-order valence-electron chi connectivity index (χ1n) is 8.83. The van der Waals surface area contributed by atoms with E-state index in [2.05, 4.69) is 0 Å². The molecule has 1 aromatic rings. The number of urea groups is 1. The third-order valence-corrected chi connectivity index (χ3v) is 4.51. The van der Waals surface area contributed by atoms with Gasteiger partial charge in [-0.25, -0.2) is 4.79 Å². The molecule has 0 saturated carbocycles. The maximum Gasteiger partial charge on any atom is 0.320 e. The predicted octanol–water partition coefficient (Wildman–Crippen LogP) is 1.30. The molecule has 2 fully saturated rings. The van der Waals surface area contributed by atoms with Crippen molar-refractivity contribution in [2.45, 2.75) is 6.92 Å². The zero-order chi connectivity index (χ0) is 17.6. The Hall–Kier alpha value is -2.28. The monoisotopic (exact) mass is 347 g/mol. The summed E-state index contributed by atoms with van der Waals surface area (Å²) >= 11 is 0. The van der Waals surface area contributed by atoms with Gasteiger partial charge in [-0.2, -0.15) is 0 Å². The van der Waals surface area contributed by atoms with Crippen LogP contribution >= 0.6 is 0 Å². The van der Waals surface area contributed by atoms with E-state index in [-0.39, 0.29) is 11.9 Å². The molecule has 7 heteroatoms. The molecule has 2 heterocycles.